The maximum atomic E-state index is 11.4. The molecule has 0 bridgehead atoms. The second-order valence-corrected chi connectivity index (χ2v) is 4.81. The summed E-state index contributed by atoms with van der Waals surface area (Å²) in [6.45, 7) is 6.02. The van der Waals surface area contributed by atoms with Crippen molar-refractivity contribution in [2.75, 3.05) is 14.2 Å². The summed E-state index contributed by atoms with van der Waals surface area (Å²) in [5.41, 5.74) is 1.68. The number of aromatic carboxylic acids is 1. The highest BCUT2D eigenvalue weighted by Gasteiger charge is 2.21. The Morgan fingerprint density at radius 1 is 1.27 bits per heavy atom. The SMILES string of the molecule is C=C(C)Cn1nnc(C(=O)O)c1-c1cc(OC)cc(OC)c1. The fraction of sp³-hybridized carbons (Fsp3) is 0.267. The van der Waals surface area contributed by atoms with E-state index in [0.717, 1.165) is 5.57 Å². The minimum atomic E-state index is -1.15. The van der Waals surface area contributed by atoms with Gasteiger partial charge in [0.15, 0.2) is 5.69 Å². The number of carbonyl (C=O) groups is 1. The molecule has 7 nitrogen and oxygen atoms in total. The second-order valence-electron chi connectivity index (χ2n) is 4.81. The van der Waals surface area contributed by atoms with Crippen molar-refractivity contribution in [2.45, 2.75) is 13.5 Å². The highest BCUT2D eigenvalue weighted by Crippen LogP contribution is 2.31. The number of rotatable bonds is 6. The van der Waals surface area contributed by atoms with Crippen molar-refractivity contribution >= 4 is 5.97 Å². The fourth-order valence-corrected chi connectivity index (χ4v) is 2.05. The van der Waals surface area contributed by atoms with Crippen LogP contribution in [0.1, 0.15) is 17.4 Å². The Kier molecular flexibility index (Phi) is 4.45. The number of methoxy groups -OCH3 is 2. The highest BCUT2D eigenvalue weighted by molar-refractivity contribution is 5.93. The Morgan fingerprint density at radius 2 is 1.86 bits per heavy atom. The van der Waals surface area contributed by atoms with Crippen LogP contribution in [-0.4, -0.2) is 40.3 Å². The van der Waals surface area contributed by atoms with E-state index in [0.29, 0.717) is 29.3 Å². The molecule has 0 aliphatic heterocycles. The minimum absolute atomic E-state index is 0.128. The molecule has 0 aliphatic rings. The summed E-state index contributed by atoms with van der Waals surface area (Å²) >= 11 is 0. The van der Waals surface area contributed by atoms with Gasteiger partial charge in [-0.1, -0.05) is 17.4 Å². The number of carboxylic acids is 1. The average molecular weight is 303 g/mol. The van der Waals surface area contributed by atoms with E-state index < -0.39 is 5.97 Å². The number of hydrogen-bond acceptors (Lipinski definition) is 5. The Bertz CT molecular complexity index is 699. The summed E-state index contributed by atoms with van der Waals surface area (Å²) in [7, 11) is 3.06. The van der Waals surface area contributed by atoms with Gasteiger partial charge in [0.1, 0.15) is 17.2 Å². The van der Waals surface area contributed by atoms with Crippen molar-refractivity contribution in [3.8, 4) is 22.8 Å². The zero-order chi connectivity index (χ0) is 16.3. The first-order chi connectivity index (χ1) is 10.5. The molecule has 2 aromatic rings. The van der Waals surface area contributed by atoms with Crippen molar-refractivity contribution in [3.05, 3.63) is 36.0 Å². The Balaban J connectivity index is 2.66. The lowest BCUT2D eigenvalue weighted by Crippen LogP contribution is -2.06. The molecule has 0 amide bonds. The van der Waals surface area contributed by atoms with Crippen LogP contribution in [0.5, 0.6) is 11.5 Å². The Morgan fingerprint density at radius 3 is 2.32 bits per heavy atom. The first-order valence-corrected chi connectivity index (χ1v) is 6.51. The monoisotopic (exact) mass is 303 g/mol. The molecule has 1 N–H and O–H groups in total. The molecule has 0 aliphatic carbocycles. The lowest BCUT2D eigenvalue weighted by Gasteiger charge is -2.11. The largest absolute Gasteiger partial charge is 0.497 e. The minimum Gasteiger partial charge on any atom is -0.497 e. The summed E-state index contributed by atoms with van der Waals surface area (Å²) in [5.74, 6) is -0.0488. The van der Waals surface area contributed by atoms with Crippen LogP contribution < -0.4 is 9.47 Å². The summed E-state index contributed by atoms with van der Waals surface area (Å²) < 4.78 is 11.9. The van der Waals surface area contributed by atoms with Gasteiger partial charge in [-0.15, -0.1) is 5.10 Å². The van der Waals surface area contributed by atoms with E-state index in [2.05, 4.69) is 16.9 Å². The number of allylic oxidation sites excluding steroid dienone is 1. The maximum Gasteiger partial charge on any atom is 0.358 e. The molecule has 1 heterocycles. The van der Waals surface area contributed by atoms with Gasteiger partial charge in [0.2, 0.25) is 0 Å². The van der Waals surface area contributed by atoms with E-state index in [1.807, 2.05) is 6.92 Å². The van der Waals surface area contributed by atoms with Gasteiger partial charge >= 0.3 is 5.97 Å². The number of benzene rings is 1. The van der Waals surface area contributed by atoms with E-state index >= 15 is 0 Å². The molecule has 0 saturated heterocycles. The number of aromatic nitrogens is 3. The van der Waals surface area contributed by atoms with Crippen molar-refractivity contribution in [2.24, 2.45) is 0 Å². The number of hydrogen-bond donors (Lipinski definition) is 1. The molecule has 116 valence electrons. The molecule has 0 unspecified atom stereocenters. The molecular formula is C15H17N3O4. The third-order valence-electron chi connectivity index (χ3n) is 2.98. The highest BCUT2D eigenvalue weighted by atomic mass is 16.5. The summed E-state index contributed by atoms with van der Waals surface area (Å²) in [5, 5.41) is 17.0. The van der Waals surface area contributed by atoms with Crippen molar-refractivity contribution in [3.63, 3.8) is 0 Å². The van der Waals surface area contributed by atoms with Crippen molar-refractivity contribution in [1.82, 2.24) is 15.0 Å². The predicted octanol–water partition coefficient (Wildman–Crippen LogP) is 2.24. The van der Waals surface area contributed by atoms with Gasteiger partial charge in [0.05, 0.1) is 20.8 Å². The van der Waals surface area contributed by atoms with E-state index in [4.69, 9.17) is 9.47 Å². The molecule has 7 heteroatoms. The van der Waals surface area contributed by atoms with Gasteiger partial charge < -0.3 is 14.6 Å². The number of carboxylic acid groups (broad SMARTS) is 1. The fourth-order valence-electron chi connectivity index (χ4n) is 2.05. The van der Waals surface area contributed by atoms with Gasteiger partial charge in [-0.25, -0.2) is 9.48 Å². The number of nitrogens with zero attached hydrogens (tertiary/aromatic N) is 3. The van der Waals surface area contributed by atoms with Crippen LogP contribution in [0.15, 0.2) is 30.4 Å². The second kappa shape index (κ2) is 6.30. The quantitative estimate of drug-likeness (QED) is 0.824. The van der Waals surface area contributed by atoms with Crippen LogP contribution in [0.4, 0.5) is 0 Å². The summed E-state index contributed by atoms with van der Waals surface area (Å²) in [6, 6.07) is 5.13. The van der Waals surface area contributed by atoms with E-state index in [1.165, 1.54) is 18.9 Å². The van der Waals surface area contributed by atoms with Gasteiger partial charge in [0, 0.05) is 11.6 Å². The molecule has 0 atom stereocenters. The van der Waals surface area contributed by atoms with Gasteiger partial charge in [-0.3, -0.25) is 0 Å². The third-order valence-corrected chi connectivity index (χ3v) is 2.98. The average Bonchev–Trinajstić information content (AvgIpc) is 2.89. The van der Waals surface area contributed by atoms with Gasteiger partial charge in [0.25, 0.3) is 0 Å². The summed E-state index contributed by atoms with van der Waals surface area (Å²) in [4.78, 5) is 11.4. The molecule has 0 saturated carbocycles. The first kappa shape index (κ1) is 15.6. The van der Waals surface area contributed by atoms with E-state index in [-0.39, 0.29) is 5.69 Å². The normalized spacial score (nSPS) is 10.3. The molecule has 0 spiro atoms. The molecule has 0 radical (unpaired) electrons. The molecule has 0 fully saturated rings. The van der Waals surface area contributed by atoms with Crippen LogP contribution in [-0.2, 0) is 6.54 Å². The van der Waals surface area contributed by atoms with Crippen LogP contribution in [0.25, 0.3) is 11.3 Å². The van der Waals surface area contributed by atoms with Crippen molar-refractivity contribution in [1.29, 1.82) is 0 Å². The standard InChI is InChI=1S/C15H17N3O4/c1-9(2)8-18-14(13(15(19)20)16-17-18)10-5-11(21-3)7-12(6-10)22-4/h5-7H,1,8H2,2-4H3,(H,19,20). The zero-order valence-electron chi connectivity index (χ0n) is 12.7. The molecule has 22 heavy (non-hydrogen) atoms. The van der Waals surface area contributed by atoms with Crippen LogP contribution in [0.2, 0.25) is 0 Å². The lowest BCUT2D eigenvalue weighted by molar-refractivity contribution is 0.0691. The van der Waals surface area contributed by atoms with E-state index in [1.54, 1.807) is 18.2 Å². The van der Waals surface area contributed by atoms with Gasteiger partial charge in [-0.2, -0.15) is 0 Å². The predicted molar refractivity (Wildman–Crippen MR) is 80.3 cm³/mol. The zero-order valence-corrected chi connectivity index (χ0v) is 12.7. The van der Waals surface area contributed by atoms with E-state index in [9.17, 15) is 9.90 Å². The van der Waals surface area contributed by atoms with Crippen LogP contribution in [0, 0.1) is 0 Å². The smallest absolute Gasteiger partial charge is 0.358 e. The van der Waals surface area contributed by atoms with Crippen LogP contribution >= 0.6 is 0 Å². The first-order valence-electron chi connectivity index (χ1n) is 6.51. The maximum absolute atomic E-state index is 11.4. The number of ether oxygens (including phenoxy) is 2. The van der Waals surface area contributed by atoms with Crippen molar-refractivity contribution < 1.29 is 19.4 Å². The molecule has 1 aromatic heterocycles. The van der Waals surface area contributed by atoms with Gasteiger partial charge in [-0.05, 0) is 19.1 Å². The third kappa shape index (κ3) is 3.08. The summed E-state index contributed by atoms with van der Waals surface area (Å²) in [6.07, 6.45) is 0. The van der Waals surface area contributed by atoms with Crippen LogP contribution in [0.3, 0.4) is 0 Å². The molecule has 2 rings (SSSR count). The molecule has 1 aromatic carbocycles. The lowest BCUT2D eigenvalue weighted by atomic mass is 10.1. The Labute approximate surface area is 127 Å². The Hall–Kier alpha value is -2.83. The molecular weight excluding hydrogens is 286 g/mol. The topological polar surface area (TPSA) is 86.5 Å².